The average Bonchev–Trinajstić information content (AvgIpc) is 2.65. The standard InChI is InChI=1S/C21H21Cl2N5O/c1-21(2,3)13-7-9-14(10-8-13)26-17-11-18(25-12-24-17)27-20(29)28-19-15(22)5-4-6-16(19)23/h4-12H,1-3H3,(H3,24,25,26,27,28,29). The van der Waals surface area contributed by atoms with Gasteiger partial charge in [0, 0.05) is 11.8 Å². The van der Waals surface area contributed by atoms with Gasteiger partial charge in [0.25, 0.3) is 0 Å². The van der Waals surface area contributed by atoms with Gasteiger partial charge in [0.2, 0.25) is 0 Å². The van der Waals surface area contributed by atoms with E-state index < -0.39 is 6.03 Å². The summed E-state index contributed by atoms with van der Waals surface area (Å²) in [6, 6.07) is 14.2. The summed E-state index contributed by atoms with van der Waals surface area (Å²) in [7, 11) is 0. The van der Waals surface area contributed by atoms with E-state index in [4.69, 9.17) is 23.2 Å². The number of nitrogens with zero attached hydrogens (tertiary/aromatic N) is 2. The molecule has 6 nitrogen and oxygen atoms in total. The predicted molar refractivity (Wildman–Crippen MR) is 120 cm³/mol. The highest BCUT2D eigenvalue weighted by molar-refractivity contribution is 6.39. The number of carbonyl (C=O) groups is 1. The highest BCUT2D eigenvalue weighted by Gasteiger charge is 2.13. The molecule has 1 heterocycles. The van der Waals surface area contributed by atoms with E-state index in [9.17, 15) is 4.79 Å². The van der Waals surface area contributed by atoms with Crippen molar-refractivity contribution in [3.8, 4) is 0 Å². The van der Waals surface area contributed by atoms with Crippen molar-refractivity contribution in [3.63, 3.8) is 0 Å². The minimum Gasteiger partial charge on any atom is -0.340 e. The summed E-state index contributed by atoms with van der Waals surface area (Å²) >= 11 is 12.1. The molecule has 0 saturated heterocycles. The summed E-state index contributed by atoms with van der Waals surface area (Å²) in [6.45, 7) is 6.50. The number of benzene rings is 2. The molecule has 0 fully saturated rings. The molecule has 0 unspecified atom stereocenters. The van der Waals surface area contributed by atoms with Gasteiger partial charge in [-0.05, 0) is 35.2 Å². The van der Waals surface area contributed by atoms with Crippen LogP contribution in [0.25, 0.3) is 0 Å². The normalized spacial score (nSPS) is 11.1. The van der Waals surface area contributed by atoms with Crippen LogP contribution in [0.5, 0.6) is 0 Å². The molecule has 3 N–H and O–H groups in total. The van der Waals surface area contributed by atoms with Crippen LogP contribution in [0.2, 0.25) is 10.0 Å². The number of anilines is 4. The van der Waals surface area contributed by atoms with Crippen molar-refractivity contribution in [2.24, 2.45) is 0 Å². The molecule has 2 amide bonds. The molecule has 0 atom stereocenters. The number of aromatic nitrogens is 2. The van der Waals surface area contributed by atoms with E-state index in [0.29, 0.717) is 27.4 Å². The summed E-state index contributed by atoms with van der Waals surface area (Å²) in [5, 5.41) is 9.15. The third-order valence-corrected chi connectivity index (χ3v) is 4.76. The first-order chi connectivity index (χ1) is 13.7. The summed E-state index contributed by atoms with van der Waals surface area (Å²) in [5.74, 6) is 0.879. The van der Waals surface area contributed by atoms with Gasteiger partial charge in [-0.25, -0.2) is 14.8 Å². The Kier molecular flexibility index (Phi) is 6.25. The maximum Gasteiger partial charge on any atom is 0.324 e. The Morgan fingerprint density at radius 3 is 2.14 bits per heavy atom. The molecule has 29 heavy (non-hydrogen) atoms. The summed E-state index contributed by atoms with van der Waals surface area (Å²) < 4.78 is 0. The lowest BCUT2D eigenvalue weighted by Gasteiger charge is -2.19. The van der Waals surface area contributed by atoms with Gasteiger partial charge < -0.3 is 10.6 Å². The van der Waals surface area contributed by atoms with E-state index in [1.54, 1.807) is 24.3 Å². The molecule has 2 aromatic carbocycles. The zero-order chi connectivity index (χ0) is 21.0. The molecule has 0 aliphatic carbocycles. The van der Waals surface area contributed by atoms with Crippen LogP contribution in [0.1, 0.15) is 26.3 Å². The fraction of sp³-hybridized carbons (Fsp3) is 0.190. The molecule has 0 radical (unpaired) electrons. The van der Waals surface area contributed by atoms with E-state index in [-0.39, 0.29) is 5.41 Å². The smallest absolute Gasteiger partial charge is 0.324 e. The van der Waals surface area contributed by atoms with E-state index >= 15 is 0 Å². The van der Waals surface area contributed by atoms with Crippen molar-refractivity contribution in [1.82, 2.24) is 9.97 Å². The van der Waals surface area contributed by atoms with Gasteiger partial charge in [-0.15, -0.1) is 0 Å². The van der Waals surface area contributed by atoms with Crippen molar-refractivity contribution in [2.75, 3.05) is 16.0 Å². The van der Waals surface area contributed by atoms with Gasteiger partial charge in [-0.1, -0.05) is 62.2 Å². The Bertz CT molecular complexity index is 996. The Morgan fingerprint density at radius 2 is 1.52 bits per heavy atom. The average molecular weight is 430 g/mol. The van der Waals surface area contributed by atoms with Crippen LogP contribution in [0.3, 0.4) is 0 Å². The van der Waals surface area contributed by atoms with Crippen molar-refractivity contribution >= 4 is 52.2 Å². The van der Waals surface area contributed by atoms with Gasteiger partial charge >= 0.3 is 6.03 Å². The number of rotatable bonds is 4. The number of hydrogen-bond acceptors (Lipinski definition) is 4. The van der Waals surface area contributed by atoms with E-state index in [2.05, 4.69) is 58.8 Å². The summed E-state index contributed by atoms with van der Waals surface area (Å²) in [5.41, 5.74) is 2.54. The van der Waals surface area contributed by atoms with Gasteiger partial charge in [0.15, 0.2) is 0 Å². The first-order valence-corrected chi connectivity index (χ1v) is 9.69. The number of hydrogen-bond donors (Lipinski definition) is 3. The Hall–Kier alpha value is -2.83. The predicted octanol–water partition coefficient (Wildman–Crippen LogP) is 6.47. The van der Waals surface area contributed by atoms with Crippen LogP contribution in [0.4, 0.5) is 27.8 Å². The van der Waals surface area contributed by atoms with Gasteiger partial charge in [0.1, 0.15) is 18.0 Å². The number of nitrogens with one attached hydrogen (secondary N) is 3. The highest BCUT2D eigenvalue weighted by Crippen LogP contribution is 2.30. The molecule has 8 heteroatoms. The molecule has 3 aromatic rings. The lowest BCUT2D eigenvalue weighted by Crippen LogP contribution is -2.20. The minimum absolute atomic E-state index is 0.0858. The highest BCUT2D eigenvalue weighted by atomic mass is 35.5. The molecule has 150 valence electrons. The fourth-order valence-corrected chi connectivity index (χ4v) is 3.07. The zero-order valence-electron chi connectivity index (χ0n) is 16.3. The van der Waals surface area contributed by atoms with E-state index in [1.807, 2.05) is 12.1 Å². The van der Waals surface area contributed by atoms with E-state index in [0.717, 1.165) is 5.69 Å². The molecular formula is C21H21Cl2N5O. The third kappa shape index (κ3) is 5.59. The summed E-state index contributed by atoms with van der Waals surface area (Å²) in [6.07, 6.45) is 1.37. The minimum atomic E-state index is -0.515. The number of amides is 2. The first-order valence-electron chi connectivity index (χ1n) is 8.94. The maximum atomic E-state index is 12.3. The van der Waals surface area contributed by atoms with Crippen LogP contribution >= 0.6 is 23.2 Å². The number of carbonyl (C=O) groups excluding carboxylic acids is 1. The zero-order valence-corrected chi connectivity index (χ0v) is 17.8. The molecule has 0 aliphatic heterocycles. The quantitative estimate of drug-likeness (QED) is 0.443. The van der Waals surface area contributed by atoms with Crippen molar-refractivity contribution in [2.45, 2.75) is 26.2 Å². The molecule has 0 bridgehead atoms. The molecule has 3 rings (SSSR count). The molecule has 0 saturated carbocycles. The van der Waals surface area contributed by atoms with E-state index in [1.165, 1.54) is 11.9 Å². The Balaban J connectivity index is 1.67. The maximum absolute atomic E-state index is 12.3. The Labute approximate surface area is 179 Å². The number of urea groups is 1. The molecule has 1 aromatic heterocycles. The van der Waals surface area contributed by atoms with Crippen LogP contribution in [-0.2, 0) is 5.41 Å². The fourth-order valence-electron chi connectivity index (χ4n) is 2.57. The molecule has 0 aliphatic rings. The van der Waals surface area contributed by atoms with Gasteiger partial charge in [-0.3, -0.25) is 5.32 Å². The summed E-state index contributed by atoms with van der Waals surface area (Å²) in [4.78, 5) is 20.5. The monoisotopic (exact) mass is 429 g/mol. The van der Waals surface area contributed by atoms with Gasteiger partial charge in [-0.2, -0.15) is 0 Å². The first kappa shape index (κ1) is 20.9. The van der Waals surface area contributed by atoms with Gasteiger partial charge in [0.05, 0.1) is 15.7 Å². The second-order valence-electron chi connectivity index (χ2n) is 7.42. The van der Waals surface area contributed by atoms with Crippen LogP contribution in [0, 0.1) is 0 Å². The second kappa shape index (κ2) is 8.68. The second-order valence-corrected chi connectivity index (χ2v) is 8.23. The topological polar surface area (TPSA) is 78.9 Å². The van der Waals surface area contributed by atoms with Crippen molar-refractivity contribution in [1.29, 1.82) is 0 Å². The molecular weight excluding hydrogens is 409 g/mol. The third-order valence-electron chi connectivity index (χ3n) is 4.13. The lowest BCUT2D eigenvalue weighted by atomic mass is 9.87. The lowest BCUT2D eigenvalue weighted by molar-refractivity contribution is 0.262. The van der Waals surface area contributed by atoms with Crippen LogP contribution in [0.15, 0.2) is 54.9 Å². The SMILES string of the molecule is CC(C)(C)c1ccc(Nc2cc(NC(=O)Nc3c(Cl)cccc3Cl)ncn2)cc1. The van der Waals surface area contributed by atoms with Crippen LogP contribution in [-0.4, -0.2) is 16.0 Å². The Morgan fingerprint density at radius 1 is 0.897 bits per heavy atom. The number of para-hydroxylation sites is 1. The largest absolute Gasteiger partial charge is 0.340 e. The van der Waals surface area contributed by atoms with Crippen molar-refractivity contribution in [3.05, 3.63) is 70.5 Å². The van der Waals surface area contributed by atoms with Crippen LogP contribution < -0.4 is 16.0 Å². The molecule has 0 spiro atoms. The number of halogens is 2. The van der Waals surface area contributed by atoms with Crippen molar-refractivity contribution < 1.29 is 4.79 Å².